The summed E-state index contributed by atoms with van der Waals surface area (Å²) in [7, 11) is 0. The smallest absolute Gasteiger partial charge is 0.254 e. The van der Waals surface area contributed by atoms with Crippen molar-refractivity contribution >= 4 is 5.91 Å². The molecule has 1 aromatic rings. The predicted octanol–water partition coefficient (Wildman–Crippen LogP) is 3.38. The second-order valence-electron chi connectivity index (χ2n) is 5.59. The molecule has 1 aromatic carbocycles. The highest BCUT2D eigenvalue weighted by molar-refractivity contribution is 5.94. The normalized spacial score (nSPS) is 28.6. The molecule has 0 aromatic heterocycles. The molecular weight excluding hydrogens is 252 g/mol. The molecular formula is C15H18N4O. The van der Waals surface area contributed by atoms with Crippen molar-refractivity contribution < 1.29 is 4.79 Å². The molecule has 1 heterocycles. The van der Waals surface area contributed by atoms with E-state index in [1.165, 1.54) is 0 Å². The first-order valence-electron chi connectivity index (χ1n) is 7.21. The highest BCUT2D eigenvalue weighted by atomic mass is 16.2. The maximum atomic E-state index is 12.6. The van der Waals surface area contributed by atoms with Gasteiger partial charge in [-0.3, -0.25) is 4.79 Å². The minimum Gasteiger partial charge on any atom is -0.335 e. The van der Waals surface area contributed by atoms with Crippen LogP contribution in [0.3, 0.4) is 0 Å². The molecule has 2 fully saturated rings. The van der Waals surface area contributed by atoms with E-state index in [0.717, 1.165) is 37.8 Å². The zero-order chi connectivity index (χ0) is 13.9. The Balaban J connectivity index is 1.80. The average Bonchev–Trinajstić information content (AvgIpc) is 2.93. The zero-order valence-corrected chi connectivity index (χ0v) is 11.4. The maximum Gasteiger partial charge on any atom is 0.254 e. The summed E-state index contributed by atoms with van der Waals surface area (Å²) >= 11 is 0. The molecule has 104 valence electrons. The summed E-state index contributed by atoms with van der Waals surface area (Å²) in [6, 6.07) is 9.74. The van der Waals surface area contributed by atoms with Crippen LogP contribution in [0.4, 0.5) is 0 Å². The van der Waals surface area contributed by atoms with E-state index in [1.807, 2.05) is 35.2 Å². The molecule has 1 aliphatic heterocycles. The number of nitrogens with zero attached hydrogens (tertiary/aromatic N) is 4. The van der Waals surface area contributed by atoms with E-state index in [2.05, 4.69) is 10.0 Å². The van der Waals surface area contributed by atoms with Gasteiger partial charge in [0.15, 0.2) is 0 Å². The van der Waals surface area contributed by atoms with Crippen LogP contribution in [0.15, 0.2) is 35.4 Å². The quantitative estimate of drug-likeness (QED) is 0.461. The number of benzene rings is 1. The van der Waals surface area contributed by atoms with Crippen LogP contribution in [0.5, 0.6) is 0 Å². The number of fused-ring (bicyclic) bond motifs is 1. The highest BCUT2D eigenvalue weighted by Crippen LogP contribution is 2.38. The Bertz CT molecular complexity index is 538. The molecule has 20 heavy (non-hydrogen) atoms. The molecule has 5 heteroatoms. The van der Waals surface area contributed by atoms with Crippen molar-refractivity contribution in [1.82, 2.24) is 4.90 Å². The van der Waals surface area contributed by atoms with Gasteiger partial charge < -0.3 is 4.90 Å². The van der Waals surface area contributed by atoms with E-state index >= 15 is 0 Å². The Labute approximate surface area is 118 Å². The first kappa shape index (κ1) is 13.0. The lowest BCUT2D eigenvalue weighted by molar-refractivity contribution is 0.0680. The molecule has 0 spiro atoms. The summed E-state index contributed by atoms with van der Waals surface area (Å²) < 4.78 is 0. The first-order valence-corrected chi connectivity index (χ1v) is 7.21. The SMILES string of the molecule is [N-]=[N+]=NC1CCCC2C1CCN2C(=O)c1ccccc1. The summed E-state index contributed by atoms with van der Waals surface area (Å²) in [6.07, 6.45) is 3.97. The Kier molecular flexibility index (Phi) is 3.61. The van der Waals surface area contributed by atoms with Crippen LogP contribution in [0.2, 0.25) is 0 Å². The van der Waals surface area contributed by atoms with E-state index in [0.29, 0.717) is 5.92 Å². The summed E-state index contributed by atoms with van der Waals surface area (Å²) in [5, 5.41) is 3.94. The van der Waals surface area contributed by atoms with Gasteiger partial charge in [0.1, 0.15) is 0 Å². The fraction of sp³-hybridized carbons (Fsp3) is 0.533. The Morgan fingerprint density at radius 3 is 2.80 bits per heavy atom. The molecule has 5 nitrogen and oxygen atoms in total. The first-order chi connectivity index (χ1) is 9.81. The number of hydrogen-bond acceptors (Lipinski definition) is 2. The number of azide groups is 1. The highest BCUT2D eigenvalue weighted by Gasteiger charge is 2.42. The third kappa shape index (κ3) is 2.25. The molecule has 1 saturated heterocycles. The molecule has 3 rings (SSSR count). The molecule has 2 aliphatic rings. The van der Waals surface area contributed by atoms with Gasteiger partial charge in [0.05, 0.1) is 0 Å². The van der Waals surface area contributed by atoms with Crippen LogP contribution in [-0.4, -0.2) is 29.4 Å². The van der Waals surface area contributed by atoms with Gasteiger partial charge in [-0.15, -0.1) is 0 Å². The number of hydrogen-bond donors (Lipinski definition) is 0. The lowest BCUT2D eigenvalue weighted by Crippen LogP contribution is -2.42. The van der Waals surface area contributed by atoms with Crippen molar-refractivity contribution in [2.24, 2.45) is 11.0 Å². The van der Waals surface area contributed by atoms with Crippen molar-refractivity contribution in [1.29, 1.82) is 0 Å². The molecule has 3 atom stereocenters. The van der Waals surface area contributed by atoms with Gasteiger partial charge in [-0.2, -0.15) is 0 Å². The minimum atomic E-state index is 0.0623. The minimum absolute atomic E-state index is 0.0623. The van der Waals surface area contributed by atoms with Crippen LogP contribution >= 0.6 is 0 Å². The largest absolute Gasteiger partial charge is 0.335 e. The van der Waals surface area contributed by atoms with Crippen molar-refractivity contribution in [2.75, 3.05) is 6.54 Å². The molecule has 1 aliphatic carbocycles. The summed E-state index contributed by atoms with van der Waals surface area (Å²) in [4.78, 5) is 17.5. The van der Waals surface area contributed by atoms with E-state index in [9.17, 15) is 4.79 Å². The van der Waals surface area contributed by atoms with Crippen molar-refractivity contribution in [3.8, 4) is 0 Å². The standard InChI is InChI=1S/C15H18N4O/c16-18-17-13-7-4-8-14-12(13)9-10-19(14)15(20)11-5-2-1-3-6-11/h1-3,5-6,12-14H,4,7-10H2. The van der Waals surface area contributed by atoms with Crippen molar-refractivity contribution in [3.05, 3.63) is 46.3 Å². The molecule has 1 saturated carbocycles. The molecule has 3 unspecified atom stereocenters. The van der Waals surface area contributed by atoms with E-state index in [-0.39, 0.29) is 18.0 Å². The second-order valence-corrected chi connectivity index (χ2v) is 5.59. The van der Waals surface area contributed by atoms with Crippen LogP contribution in [0.1, 0.15) is 36.0 Å². The van der Waals surface area contributed by atoms with E-state index < -0.39 is 0 Å². The topological polar surface area (TPSA) is 69.1 Å². The van der Waals surface area contributed by atoms with E-state index in [1.54, 1.807) is 0 Å². The summed E-state index contributed by atoms with van der Waals surface area (Å²) in [5.74, 6) is 0.451. The molecule has 0 N–H and O–H groups in total. The van der Waals surface area contributed by atoms with Crippen LogP contribution in [-0.2, 0) is 0 Å². The van der Waals surface area contributed by atoms with Crippen LogP contribution in [0.25, 0.3) is 10.4 Å². The van der Waals surface area contributed by atoms with Gasteiger partial charge >= 0.3 is 0 Å². The van der Waals surface area contributed by atoms with Gasteiger partial charge in [-0.25, -0.2) is 0 Å². The van der Waals surface area contributed by atoms with Gasteiger partial charge in [-0.05, 0) is 42.8 Å². The Hall–Kier alpha value is -2.00. The molecule has 0 bridgehead atoms. The number of likely N-dealkylation sites (tertiary alicyclic amines) is 1. The second kappa shape index (κ2) is 5.55. The molecule has 1 amide bonds. The molecule has 0 radical (unpaired) electrons. The van der Waals surface area contributed by atoms with Gasteiger partial charge in [0, 0.05) is 29.1 Å². The predicted molar refractivity (Wildman–Crippen MR) is 76.2 cm³/mol. The number of rotatable bonds is 2. The third-order valence-corrected chi connectivity index (χ3v) is 4.57. The lowest BCUT2D eigenvalue weighted by atomic mass is 9.81. The number of carbonyl (C=O) groups is 1. The zero-order valence-electron chi connectivity index (χ0n) is 11.4. The van der Waals surface area contributed by atoms with Crippen LogP contribution in [0, 0.1) is 5.92 Å². The third-order valence-electron chi connectivity index (χ3n) is 4.57. The van der Waals surface area contributed by atoms with Crippen LogP contribution < -0.4 is 0 Å². The number of amides is 1. The van der Waals surface area contributed by atoms with Gasteiger partial charge in [0.25, 0.3) is 5.91 Å². The summed E-state index contributed by atoms with van der Waals surface area (Å²) in [6.45, 7) is 0.778. The number of carbonyl (C=O) groups excluding carboxylic acids is 1. The Morgan fingerprint density at radius 1 is 1.25 bits per heavy atom. The Morgan fingerprint density at radius 2 is 2.05 bits per heavy atom. The van der Waals surface area contributed by atoms with E-state index in [4.69, 9.17) is 5.53 Å². The van der Waals surface area contributed by atoms with Gasteiger partial charge in [-0.1, -0.05) is 29.7 Å². The fourth-order valence-corrected chi connectivity index (χ4v) is 3.65. The monoisotopic (exact) mass is 270 g/mol. The fourth-order valence-electron chi connectivity index (χ4n) is 3.65. The lowest BCUT2D eigenvalue weighted by Gasteiger charge is -2.35. The van der Waals surface area contributed by atoms with Gasteiger partial charge in [0.2, 0.25) is 0 Å². The van der Waals surface area contributed by atoms with Crippen molar-refractivity contribution in [3.63, 3.8) is 0 Å². The maximum absolute atomic E-state index is 12.6. The average molecular weight is 270 g/mol. The summed E-state index contributed by atoms with van der Waals surface area (Å²) in [5.41, 5.74) is 9.42. The van der Waals surface area contributed by atoms with Crippen molar-refractivity contribution in [2.45, 2.75) is 37.8 Å².